The highest BCUT2D eigenvalue weighted by atomic mass is 127. The van der Waals surface area contributed by atoms with Gasteiger partial charge in [0.2, 0.25) is 0 Å². The standard InChI is InChI=1S/C30H25IO4/c1-35-28-17-24(16-27(31)30(28)34)29(22-4-2-20(14-22)18-6-10-25(32)11-7-18)23-5-3-21(15-23)19-8-12-26(33)13-9-19/h2-17,22-23,29,32-34H,1H3. The van der Waals surface area contributed by atoms with Crippen molar-refractivity contribution in [1.82, 2.24) is 0 Å². The number of methoxy groups -OCH3 is 1. The Morgan fingerprint density at radius 3 is 1.69 bits per heavy atom. The topological polar surface area (TPSA) is 69.9 Å². The summed E-state index contributed by atoms with van der Waals surface area (Å²) in [5.74, 6) is 1.43. The molecule has 5 rings (SSSR count). The lowest BCUT2D eigenvalue weighted by Crippen LogP contribution is -2.16. The molecule has 0 heterocycles. The zero-order chi connectivity index (χ0) is 24.5. The van der Waals surface area contributed by atoms with Crippen molar-refractivity contribution in [3.05, 3.63) is 117 Å². The molecule has 0 saturated heterocycles. The third-order valence-electron chi connectivity index (χ3n) is 6.63. The molecule has 0 fully saturated rings. The fourth-order valence-electron chi connectivity index (χ4n) is 4.85. The van der Waals surface area contributed by atoms with Gasteiger partial charge in [0.05, 0.1) is 10.7 Å². The molecular formula is C30H25IO4. The molecule has 3 aromatic rings. The molecule has 2 atom stereocenters. The second-order valence-electron chi connectivity index (χ2n) is 8.79. The molecule has 5 heteroatoms. The first-order valence-corrected chi connectivity index (χ1v) is 12.5. The van der Waals surface area contributed by atoms with Crippen LogP contribution in [0.2, 0.25) is 0 Å². The van der Waals surface area contributed by atoms with Gasteiger partial charge in [0.1, 0.15) is 11.5 Å². The quantitative estimate of drug-likeness (QED) is 0.276. The Morgan fingerprint density at radius 2 is 1.23 bits per heavy atom. The zero-order valence-electron chi connectivity index (χ0n) is 19.1. The Bertz CT molecular complexity index is 1290. The van der Waals surface area contributed by atoms with Gasteiger partial charge in [-0.2, -0.15) is 0 Å². The fraction of sp³-hybridized carbons (Fsp3) is 0.133. The molecule has 3 N–H and O–H groups in total. The highest BCUT2D eigenvalue weighted by Gasteiger charge is 2.31. The van der Waals surface area contributed by atoms with Crippen LogP contribution in [0.5, 0.6) is 23.0 Å². The lowest BCUT2D eigenvalue weighted by Gasteiger charge is -2.27. The Morgan fingerprint density at radius 1 is 0.743 bits per heavy atom. The molecule has 2 aliphatic carbocycles. The second kappa shape index (κ2) is 9.66. The van der Waals surface area contributed by atoms with Crippen molar-refractivity contribution in [3.63, 3.8) is 0 Å². The minimum atomic E-state index is 0.0785. The predicted octanol–water partition coefficient (Wildman–Crippen LogP) is 7.04. The number of benzene rings is 3. The summed E-state index contributed by atoms with van der Waals surface area (Å²) in [7, 11) is 1.57. The first kappa shape index (κ1) is 23.3. The summed E-state index contributed by atoms with van der Waals surface area (Å²) in [5, 5.41) is 29.8. The molecule has 0 radical (unpaired) electrons. The molecule has 0 bridgehead atoms. The van der Waals surface area contributed by atoms with Gasteiger partial charge in [-0.1, -0.05) is 60.7 Å². The van der Waals surface area contributed by atoms with Crippen molar-refractivity contribution in [2.24, 2.45) is 11.8 Å². The van der Waals surface area contributed by atoms with Crippen LogP contribution in [0.1, 0.15) is 22.6 Å². The summed E-state index contributed by atoms with van der Waals surface area (Å²) < 4.78 is 6.22. The second-order valence-corrected chi connectivity index (χ2v) is 9.95. The van der Waals surface area contributed by atoms with E-state index in [1.54, 1.807) is 31.4 Å². The first-order valence-electron chi connectivity index (χ1n) is 11.4. The van der Waals surface area contributed by atoms with E-state index in [1.165, 1.54) is 0 Å². The van der Waals surface area contributed by atoms with E-state index < -0.39 is 0 Å². The number of rotatable bonds is 6. The highest BCUT2D eigenvalue weighted by Crippen LogP contribution is 2.46. The number of halogens is 1. The van der Waals surface area contributed by atoms with Gasteiger partial charge in [-0.15, -0.1) is 0 Å². The summed E-state index contributed by atoms with van der Waals surface area (Å²) in [6, 6.07) is 18.5. The van der Waals surface area contributed by atoms with Crippen molar-refractivity contribution in [2.75, 3.05) is 7.11 Å². The molecule has 0 saturated carbocycles. The maximum Gasteiger partial charge on any atom is 0.171 e. The SMILES string of the molecule is COc1cc(C(C2C=CC(c3ccc(O)cc3)=C2)C2C=CC(c3ccc(O)cc3)=C2)cc(I)c1O. The normalized spacial score (nSPS) is 19.5. The number of aromatic hydroxyl groups is 3. The van der Waals surface area contributed by atoms with Crippen LogP contribution in [-0.4, -0.2) is 22.4 Å². The molecule has 176 valence electrons. The van der Waals surface area contributed by atoms with Gasteiger partial charge in [-0.3, -0.25) is 0 Å². The Hall–Kier alpha value is -3.45. The molecule has 4 nitrogen and oxygen atoms in total. The molecule has 0 aliphatic heterocycles. The Labute approximate surface area is 218 Å². The van der Waals surface area contributed by atoms with E-state index in [2.05, 4.69) is 59.0 Å². The number of ether oxygens (including phenoxy) is 1. The molecule has 0 aromatic heterocycles. The Kier molecular flexibility index (Phi) is 6.43. The maximum absolute atomic E-state index is 10.4. The van der Waals surface area contributed by atoms with E-state index in [9.17, 15) is 15.3 Å². The summed E-state index contributed by atoms with van der Waals surface area (Å²) in [6.45, 7) is 0. The third-order valence-corrected chi connectivity index (χ3v) is 7.45. The van der Waals surface area contributed by atoms with Crippen LogP contribution in [0.15, 0.2) is 97.1 Å². The van der Waals surface area contributed by atoms with Crippen LogP contribution in [0.25, 0.3) is 11.1 Å². The minimum Gasteiger partial charge on any atom is -0.508 e. The minimum absolute atomic E-state index is 0.0785. The maximum atomic E-state index is 10.4. The van der Waals surface area contributed by atoms with Crippen LogP contribution < -0.4 is 4.74 Å². The molecule has 3 aromatic carbocycles. The van der Waals surface area contributed by atoms with Crippen molar-refractivity contribution in [3.8, 4) is 23.0 Å². The van der Waals surface area contributed by atoms with E-state index in [4.69, 9.17) is 4.74 Å². The summed E-state index contributed by atoms with van der Waals surface area (Å²) in [5.41, 5.74) is 5.43. The van der Waals surface area contributed by atoms with Gasteiger partial charge in [0.15, 0.2) is 11.5 Å². The third kappa shape index (κ3) is 4.73. The van der Waals surface area contributed by atoms with Gasteiger partial charge in [0.25, 0.3) is 0 Å². The highest BCUT2D eigenvalue weighted by molar-refractivity contribution is 14.1. The van der Waals surface area contributed by atoms with Crippen molar-refractivity contribution in [1.29, 1.82) is 0 Å². The lowest BCUT2D eigenvalue weighted by molar-refractivity contribution is 0.370. The molecule has 2 aliphatic rings. The molecule has 0 amide bonds. The first-order chi connectivity index (χ1) is 16.9. The van der Waals surface area contributed by atoms with Gasteiger partial charge >= 0.3 is 0 Å². The molecule has 2 unspecified atom stereocenters. The van der Waals surface area contributed by atoms with E-state index in [0.29, 0.717) is 5.75 Å². The average Bonchev–Trinajstić information content (AvgIpc) is 3.53. The van der Waals surface area contributed by atoms with Crippen LogP contribution in [0.3, 0.4) is 0 Å². The lowest BCUT2D eigenvalue weighted by atomic mass is 9.77. The van der Waals surface area contributed by atoms with Crippen LogP contribution in [0, 0.1) is 15.4 Å². The number of allylic oxidation sites excluding steroid dienone is 8. The van der Waals surface area contributed by atoms with Crippen LogP contribution in [-0.2, 0) is 0 Å². The smallest absolute Gasteiger partial charge is 0.171 e. The number of phenols is 3. The molecule has 0 spiro atoms. The zero-order valence-corrected chi connectivity index (χ0v) is 21.3. The van der Waals surface area contributed by atoms with E-state index in [-0.39, 0.29) is 35.0 Å². The average molecular weight is 576 g/mol. The summed E-state index contributed by atoms with van der Waals surface area (Å²) in [6.07, 6.45) is 13.2. The van der Waals surface area contributed by atoms with Crippen LogP contribution >= 0.6 is 22.6 Å². The van der Waals surface area contributed by atoms with E-state index in [1.807, 2.05) is 36.4 Å². The largest absolute Gasteiger partial charge is 0.508 e. The predicted molar refractivity (Wildman–Crippen MR) is 148 cm³/mol. The van der Waals surface area contributed by atoms with Crippen molar-refractivity contribution < 1.29 is 20.1 Å². The molecular weight excluding hydrogens is 551 g/mol. The van der Waals surface area contributed by atoms with Crippen LogP contribution in [0.4, 0.5) is 0 Å². The van der Waals surface area contributed by atoms with E-state index >= 15 is 0 Å². The summed E-state index contributed by atoms with van der Waals surface area (Å²) >= 11 is 2.15. The van der Waals surface area contributed by atoms with Crippen molar-refractivity contribution in [2.45, 2.75) is 5.92 Å². The molecule has 35 heavy (non-hydrogen) atoms. The van der Waals surface area contributed by atoms with Crippen molar-refractivity contribution >= 4 is 33.7 Å². The summed E-state index contributed by atoms with van der Waals surface area (Å²) in [4.78, 5) is 0. The van der Waals surface area contributed by atoms with E-state index in [0.717, 1.165) is 31.4 Å². The number of hydrogen-bond acceptors (Lipinski definition) is 4. The van der Waals surface area contributed by atoms with Gasteiger partial charge in [-0.05, 0) is 86.8 Å². The van der Waals surface area contributed by atoms with Gasteiger partial charge in [0, 0.05) is 17.8 Å². The fourth-order valence-corrected chi connectivity index (χ4v) is 5.47. The van der Waals surface area contributed by atoms with Gasteiger partial charge in [-0.25, -0.2) is 0 Å². The monoisotopic (exact) mass is 576 g/mol. The number of hydrogen-bond donors (Lipinski definition) is 3. The van der Waals surface area contributed by atoms with Gasteiger partial charge < -0.3 is 20.1 Å². The Balaban J connectivity index is 1.55. The number of phenolic OH excluding ortho intramolecular Hbond substituents is 3.